The number of aromatic nitrogens is 2. The highest BCUT2D eigenvalue weighted by molar-refractivity contribution is 5.82. The van der Waals surface area contributed by atoms with Gasteiger partial charge in [-0.25, -0.2) is 0 Å². The molecule has 0 unspecified atom stereocenters. The van der Waals surface area contributed by atoms with E-state index in [1.165, 1.54) is 0 Å². The number of hydrogen-bond acceptors (Lipinski definition) is 4. The number of ether oxygens (including phenoxy) is 1. The lowest BCUT2D eigenvalue weighted by molar-refractivity contribution is -0.120. The van der Waals surface area contributed by atoms with Crippen LogP contribution in [0.1, 0.15) is 12.6 Å². The first kappa shape index (κ1) is 15.5. The van der Waals surface area contributed by atoms with Gasteiger partial charge in [-0.2, -0.15) is 5.10 Å². The van der Waals surface area contributed by atoms with Gasteiger partial charge < -0.3 is 15.4 Å². The molecule has 6 heteroatoms. The molecule has 0 aliphatic carbocycles. The Labute approximate surface area is 124 Å². The number of carbonyl (C=O) groups excluding carboxylic acids is 1. The maximum Gasteiger partial charge on any atom is 0.234 e. The molecule has 1 aromatic carbocycles. The lowest BCUT2D eigenvalue weighted by atomic mass is 10.2. The SMILES string of the molecule is CCn1nc(CNCC(=O)NCCOC)c2ccccc21. The summed E-state index contributed by atoms with van der Waals surface area (Å²) in [5.74, 6) is -0.0359. The van der Waals surface area contributed by atoms with Crippen LogP contribution in [0.2, 0.25) is 0 Å². The van der Waals surface area contributed by atoms with Crippen molar-refractivity contribution in [2.75, 3.05) is 26.8 Å². The number of rotatable bonds is 8. The molecular weight excluding hydrogens is 268 g/mol. The highest BCUT2D eigenvalue weighted by Gasteiger charge is 2.09. The van der Waals surface area contributed by atoms with E-state index in [0.29, 0.717) is 19.7 Å². The van der Waals surface area contributed by atoms with Crippen LogP contribution in [0.25, 0.3) is 10.9 Å². The molecule has 2 N–H and O–H groups in total. The first-order chi connectivity index (χ1) is 10.3. The van der Waals surface area contributed by atoms with Gasteiger partial charge in [-0.05, 0) is 13.0 Å². The Morgan fingerprint density at radius 1 is 1.38 bits per heavy atom. The van der Waals surface area contributed by atoms with Crippen molar-refractivity contribution >= 4 is 16.8 Å². The van der Waals surface area contributed by atoms with Crippen LogP contribution in [0, 0.1) is 0 Å². The summed E-state index contributed by atoms with van der Waals surface area (Å²) >= 11 is 0. The predicted molar refractivity (Wildman–Crippen MR) is 82.0 cm³/mol. The van der Waals surface area contributed by atoms with Crippen LogP contribution < -0.4 is 10.6 Å². The third-order valence-corrected chi connectivity index (χ3v) is 3.24. The van der Waals surface area contributed by atoms with Crippen LogP contribution >= 0.6 is 0 Å². The summed E-state index contributed by atoms with van der Waals surface area (Å²) in [6.07, 6.45) is 0. The van der Waals surface area contributed by atoms with E-state index in [2.05, 4.69) is 34.8 Å². The Bertz CT molecular complexity index is 594. The molecule has 0 radical (unpaired) electrons. The first-order valence-corrected chi connectivity index (χ1v) is 7.17. The standard InChI is InChI=1S/C15H22N4O2/c1-3-19-14-7-5-4-6-12(14)13(18-19)10-16-11-15(20)17-8-9-21-2/h4-7,16H,3,8-11H2,1-2H3,(H,17,20). The molecule has 1 aromatic heterocycles. The van der Waals surface area contributed by atoms with Crippen molar-refractivity contribution in [3.05, 3.63) is 30.0 Å². The summed E-state index contributed by atoms with van der Waals surface area (Å²) in [5.41, 5.74) is 2.10. The number of aryl methyl sites for hydroxylation is 1. The highest BCUT2D eigenvalue weighted by Crippen LogP contribution is 2.17. The molecule has 114 valence electrons. The van der Waals surface area contributed by atoms with Gasteiger partial charge in [-0.3, -0.25) is 9.48 Å². The lowest BCUT2D eigenvalue weighted by Crippen LogP contribution is -2.35. The normalized spacial score (nSPS) is 11.0. The van der Waals surface area contributed by atoms with Crippen LogP contribution in [0.3, 0.4) is 0 Å². The fourth-order valence-corrected chi connectivity index (χ4v) is 2.22. The van der Waals surface area contributed by atoms with Crippen molar-refractivity contribution in [3.8, 4) is 0 Å². The number of methoxy groups -OCH3 is 1. The van der Waals surface area contributed by atoms with E-state index >= 15 is 0 Å². The molecule has 21 heavy (non-hydrogen) atoms. The van der Waals surface area contributed by atoms with Crippen molar-refractivity contribution in [3.63, 3.8) is 0 Å². The van der Waals surface area contributed by atoms with E-state index in [4.69, 9.17) is 4.74 Å². The third kappa shape index (κ3) is 4.03. The van der Waals surface area contributed by atoms with E-state index in [9.17, 15) is 4.79 Å². The number of amides is 1. The van der Waals surface area contributed by atoms with E-state index < -0.39 is 0 Å². The molecule has 0 fully saturated rings. The molecule has 0 aliphatic rings. The number of nitrogens with one attached hydrogen (secondary N) is 2. The Balaban J connectivity index is 1.90. The number of fused-ring (bicyclic) bond motifs is 1. The summed E-state index contributed by atoms with van der Waals surface area (Å²) < 4.78 is 6.86. The Hall–Kier alpha value is -1.92. The molecule has 6 nitrogen and oxygen atoms in total. The van der Waals surface area contributed by atoms with Gasteiger partial charge in [0.25, 0.3) is 0 Å². The van der Waals surface area contributed by atoms with Crippen LogP contribution in [0.5, 0.6) is 0 Å². The molecule has 2 aromatic rings. The maximum absolute atomic E-state index is 11.6. The molecule has 2 rings (SSSR count). The Morgan fingerprint density at radius 2 is 2.19 bits per heavy atom. The quantitative estimate of drug-likeness (QED) is 0.709. The summed E-state index contributed by atoms with van der Waals surface area (Å²) in [4.78, 5) is 11.6. The van der Waals surface area contributed by atoms with Crippen LogP contribution in [-0.2, 0) is 22.6 Å². The van der Waals surface area contributed by atoms with Crippen LogP contribution in [0.15, 0.2) is 24.3 Å². The molecule has 0 bridgehead atoms. The van der Waals surface area contributed by atoms with E-state index in [-0.39, 0.29) is 12.5 Å². The molecule has 0 saturated carbocycles. The molecule has 0 atom stereocenters. The van der Waals surface area contributed by atoms with Gasteiger partial charge in [0.05, 0.1) is 24.4 Å². The molecular formula is C15H22N4O2. The van der Waals surface area contributed by atoms with Gasteiger partial charge in [-0.1, -0.05) is 18.2 Å². The molecule has 0 aliphatic heterocycles. The second-order valence-electron chi connectivity index (χ2n) is 4.73. The average Bonchev–Trinajstić information content (AvgIpc) is 2.86. The minimum atomic E-state index is -0.0359. The minimum absolute atomic E-state index is 0.0359. The van der Waals surface area contributed by atoms with Crippen molar-refractivity contribution in [2.24, 2.45) is 0 Å². The topological polar surface area (TPSA) is 68.2 Å². The second kappa shape index (κ2) is 7.75. The molecule has 1 heterocycles. The minimum Gasteiger partial charge on any atom is -0.383 e. The Kier molecular flexibility index (Phi) is 5.71. The number of para-hydroxylation sites is 1. The van der Waals surface area contributed by atoms with Gasteiger partial charge >= 0.3 is 0 Å². The number of nitrogens with zero attached hydrogens (tertiary/aromatic N) is 2. The summed E-state index contributed by atoms with van der Waals surface area (Å²) in [6.45, 7) is 4.81. The van der Waals surface area contributed by atoms with E-state index in [0.717, 1.165) is 23.1 Å². The van der Waals surface area contributed by atoms with Crippen molar-refractivity contribution in [1.82, 2.24) is 20.4 Å². The largest absolute Gasteiger partial charge is 0.383 e. The highest BCUT2D eigenvalue weighted by atomic mass is 16.5. The number of benzene rings is 1. The predicted octanol–water partition coefficient (Wildman–Crippen LogP) is 0.908. The summed E-state index contributed by atoms with van der Waals surface area (Å²) in [5, 5.41) is 11.6. The second-order valence-corrected chi connectivity index (χ2v) is 4.73. The monoisotopic (exact) mass is 290 g/mol. The van der Waals surface area contributed by atoms with E-state index in [1.54, 1.807) is 7.11 Å². The first-order valence-electron chi connectivity index (χ1n) is 7.17. The van der Waals surface area contributed by atoms with Gasteiger partial charge in [-0.15, -0.1) is 0 Å². The zero-order valence-corrected chi connectivity index (χ0v) is 12.6. The lowest BCUT2D eigenvalue weighted by Gasteiger charge is -2.05. The van der Waals surface area contributed by atoms with Gasteiger partial charge in [0.1, 0.15) is 0 Å². The molecule has 1 amide bonds. The third-order valence-electron chi connectivity index (χ3n) is 3.24. The van der Waals surface area contributed by atoms with Gasteiger partial charge in [0.15, 0.2) is 0 Å². The summed E-state index contributed by atoms with van der Waals surface area (Å²) in [7, 11) is 1.61. The van der Waals surface area contributed by atoms with Gasteiger partial charge in [0, 0.05) is 32.1 Å². The average molecular weight is 290 g/mol. The van der Waals surface area contributed by atoms with Crippen molar-refractivity contribution in [1.29, 1.82) is 0 Å². The van der Waals surface area contributed by atoms with Crippen LogP contribution in [-0.4, -0.2) is 42.5 Å². The number of hydrogen-bond donors (Lipinski definition) is 2. The Morgan fingerprint density at radius 3 is 2.95 bits per heavy atom. The van der Waals surface area contributed by atoms with Gasteiger partial charge in [0.2, 0.25) is 5.91 Å². The summed E-state index contributed by atoms with van der Waals surface area (Å²) in [6, 6.07) is 8.14. The smallest absolute Gasteiger partial charge is 0.234 e. The molecule has 0 saturated heterocycles. The number of carbonyl (C=O) groups is 1. The molecule has 0 spiro atoms. The fraction of sp³-hybridized carbons (Fsp3) is 0.467. The van der Waals surface area contributed by atoms with E-state index in [1.807, 2.05) is 16.8 Å². The van der Waals surface area contributed by atoms with Crippen molar-refractivity contribution in [2.45, 2.75) is 20.0 Å². The zero-order valence-electron chi connectivity index (χ0n) is 12.6. The van der Waals surface area contributed by atoms with Crippen LogP contribution in [0.4, 0.5) is 0 Å². The van der Waals surface area contributed by atoms with Crippen molar-refractivity contribution < 1.29 is 9.53 Å². The fourth-order valence-electron chi connectivity index (χ4n) is 2.22. The maximum atomic E-state index is 11.6. The zero-order chi connectivity index (χ0) is 15.1.